The molecule has 0 saturated heterocycles. The highest BCUT2D eigenvalue weighted by Gasteiger charge is 2.54. The van der Waals surface area contributed by atoms with Gasteiger partial charge in [0, 0.05) is 12.0 Å². The molecule has 0 aromatic rings. The second-order valence-electron chi connectivity index (χ2n) is 6.85. The minimum absolute atomic E-state index is 0.0376. The Hall–Kier alpha value is -1.10. The molecule has 5 heteroatoms. The first kappa shape index (κ1) is 12.9. The van der Waals surface area contributed by atoms with Gasteiger partial charge in [0.15, 0.2) is 0 Å². The van der Waals surface area contributed by atoms with Gasteiger partial charge in [0.1, 0.15) is 6.04 Å². The van der Waals surface area contributed by atoms with Crippen LogP contribution in [0.1, 0.15) is 38.5 Å². The van der Waals surface area contributed by atoms with Gasteiger partial charge in [0.25, 0.3) is 0 Å². The Balaban J connectivity index is 1.65. The molecule has 0 heterocycles. The summed E-state index contributed by atoms with van der Waals surface area (Å²) in [4.78, 5) is 23.1. The zero-order chi connectivity index (χ0) is 13.6. The van der Waals surface area contributed by atoms with E-state index in [0.717, 1.165) is 19.3 Å². The summed E-state index contributed by atoms with van der Waals surface area (Å²) in [6.07, 6.45) is 6.86. The largest absolute Gasteiger partial charge is 0.480 e. The van der Waals surface area contributed by atoms with Crippen LogP contribution in [0.4, 0.5) is 0 Å². The predicted molar refractivity (Wildman–Crippen MR) is 69.2 cm³/mol. The number of aliphatic carboxylic acids is 1. The predicted octanol–water partition coefficient (Wildman–Crippen LogP) is 0.731. The van der Waals surface area contributed by atoms with Crippen molar-refractivity contribution in [3.05, 3.63) is 0 Å². The van der Waals surface area contributed by atoms with Crippen LogP contribution < -0.4 is 11.1 Å². The minimum atomic E-state index is -1.06. The number of carbonyl (C=O) groups is 2. The number of carboxylic acids is 1. The molecule has 1 atom stereocenters. The SMILES string of the molecule is NC(CNC(=O)C12CC3CC(CC(C3)C1)C2)C(=O)O. The first-order chi connectivity index (χ1) is 8.98. The van der Waals surface area contributed by atoms with Crippen molar-refractivity contribution in [3.63, 3.8) is 0 Å². The van der Waals surface area contributed by atoms with E-state index in [1.165, 1.54) is 19.3 Å². The summed E-state index contributed by atoms with van der Waals surface area (Å²) < 4.78 is 0. The van der Waals surface area contributed by atoms with Gasteiger partial charge in [-0.15, -0.1) is 0 Å². The molecule has 4 aliphatic rings. The molecule has 1 unspecified atom stereocenters. The molecule has 0 spiro atoms. The average Bonchev–Trinajstić information content (AvgIpc) is 2.33. The number of hydrogen-bond acceptors (Lipinski definition) is 3. The van der Waals surface area contributed by atoms with Crippen LogP contribution in [0.15, 0.2) is 0 Å². The summed E-state index contributed by atoms with van der Waals surface area (Å²) in [5.41, 5.74) is 5.23. The molecule has 4 N–H and O–H groups in total. The average molecular weight is 266 g/mol. The minimum Gasteiger partial charge on any atom is -0.480 e. The number of rotatable bonds is 4. The summed E-state index contributed by atoms with van der Waals surface area (Å²) >= 11 is 0. The molecule has 0 aliphatic heterocycles. The Kier molecular flexibility index (Phi) is 3.04. The molecule has 4 rings (SSSR count). The van der Waals surface area contributed by atoms with Crippen molar-refractivity contribution >= 4 is 11.9 Å². The van der Waals surface area contributed by atoms with Crippen molar-refractivity contribution in [1.82, 2.24) is 5.32 Å². The first-order valence-electron chi connectivity index (χ1n) is 7.25. The van der Waals surface area contributed by atoms with Gasteiger partial charge >= 0.3 is 5.97 Å². The van der Waals surface area contributed by atoms with Crippen LogP contribution in [0.3, 0.4) is 0 Å². The Morgan fingerprint density at radius 1 is 1.16 bits per heavy atom. The molecule has 4 fully saturated rings. The number of amides is 1. The Morgan fingerprint density at radius 2 is 1.63 bits per heavy atom. The molecule has 0 aromatic carbocycles. The molecule has 0 radical (unpaired) electrons. The van der Waals surface area contributed by atoms with E-state index < -0.39 is 12.0 Å². The van der Waals surface area contributed by atoms with Gasteiger partial charge in [-0.25, -0.2) is 0 Å². The molecular formula is C14H22N2O3. The Morgan fingerprint density at radius 3 is 2.05 bits per heavy atom. The molecule has 4 aliphatic carbocycles. The van der Waals surface area contributed by atoms with E-state index in [4.69, 9.17) is 10.8 Å². The molecule has 4 bridgehead atoms. The summed E-state index contributed by atoms with van der Waals surface area (Å²) in [7, 11) is 0. The van der Waals surface area contributed by atoms with Gasteiger partial charge in [-0.3, -0.25) is 9.59 Å². The summed E-state index contributed by atoms with van der Waals surface area (Å²) in [5, 5.41) is 11.5. The van der Waals surface area contributed by atoms with Crippen molar-refractivity contribution in [1.29, 1.82) is 0 Å². The summed E-state index contributed by atoms with van der Waals surface area (Å²) in [5.74, 6) is 1.12. The molecule has 19 heavy (non-hydrogen) atoms. The van der Waals surface area contributed by atoms with Crippen molar-refractivity contribution in [2.75, 3.05) is 6.54 Å². The van der Waals surface area contributed by atoms with Crippen molar-refractivity contribution < 1.29 is 14.7 Å². The maximum absolute atomic E-state index is 12.5. The molecule has 5 nitrogen and oxygen atoms in total. The zero-order valence-corrected chi connectivity index (χ0v) is 11.1. The second-order valence-corrected chi connectivity index (χ2v) is 6.85. The maximum Gasteiger partial charge on any atom is 0.322 e. The van der Waals surface area contributed by atoms with Crippen LogP contribution in [0.2, 0.25) is 0 Å². The third kappa shape index (κ3) is 2.24. The van der Waals surface area contributed by atoms with Gasteiger partial charge in [-0.2, -0.15) is 0 Å². The third-order valence-electron chi connectivity index (χ3n) is 5.32. The first-order valence-corrected chi connectivity index (χ1v) is 7.25. The molecule has 106 valence electrons. The Bertz CT molecular complexity index is 372. The van der Waals surface area contributed by atoms with E-state index >= 15 is 0 Å². The fraction of sp³-hybridized carbons (Fsp3) is 0.857. The van der Waals surface area contributed by atoms with Crippen LogP contribution >= 0.6 is 0 Å². The molecule has 1 amide bonds. The normalized spacial score (nSPS) is 41.0. The van der Waals surface area contributed by atoms with E-state index in [0.29, 0.717) is 17.8 Å². The highest BCUT2D eigenvalue weighted by atomic mass is 16.4. The number of carbonyl (C=O) groups excluding carboxylic acids is 1. The monoisotopic (exact) mass is 266 g/mol. The van der Waals surface area contributed by atoms with Crippen LogP contribution in [-0.4, -0.2) is 29.6 Å². The van der Waals surface area contributed by atoms with Gasteiger partial charge < -0.3 is 16.2 Å². The highest BCUT2D eigenvalue weighted by molar-refractivity contribution is 5.84. The smallest absolute Gasteiger partial charge is 0.322 e. The van der Waals surface area contributed by atoms with Gasteiger partial charge in [0.05, 0.1) is 0 Å². The van der Waals surface area contributed by atoms with Crippen molar-refractivity contribution in [2.45, 2.75) is 44.6 Å². The van der Waals surface area contributed by atoms with Crippen LogP contribution in [0.5, 0.6) is 0 Å². The number of carboxylic acid groups (broad SMARTS) is 1. The summed E-state index contributed by atoms with van der Waals surface area (Å²) in [6.45, 7) is 0.0376. The number of hydrogen-bond donors (Lipinski definition) is 3. The topological polar surface area (TPSA) is 92.4 Å². The third-order valence-corrected chi connectivity index (χ3v) is 5.32. The number of nitrogens with one attached hydrogen (secondary N) is 1. The Labute approximate surface area is 112 Å². The van der Waals surface area contributed by atoms with Crippen molar-refractivity contribution in [3.8, 4) is 0 Å². The van der Waals surface area contributed by atoms with Gasteiger partial charge in [-0.05, 0) is 56.3 Å². The maximum atomic E-state index is 12.5. The van der Waals surface area contributed by atoms with Crippen molar-refractivity contribution in [2.24, 2.45) is 28.9 Å². The fourth-order valence-electron chi connectivity index (χ4n) is 4.87. The zero-order valence-electron chi connectivity index (χ0n) is 11.1. The van der Waals surface area contributed by atoms with Crippen LogP contribution in [-0.2, 0) is 9.59 Å². The number of nitrogens with two attached hydrogens (primary N) is 1. The van der Waals surface area contributed by atoms with E-state index in [9.17, 15) is 9.59 Å². The van der Waals surface area contributed by atoms with Gasteiger partial charge in [0.2, 0.25) is 5.91 Å². The van der Waals surface area contributed by atoms with Gasteiger partial charge in [-0.1, -0.05) is 0 Å². The molecule has 0 aromatic heterocycles. The van der Waals surface area contributed by atoms with E-state index in [1.54, 1.807) is 0 Å². The highest BCUT2D eigenvalue weighted by Crippen LogP contribution is 2.60. The lowest BCUT2D eigenvalue weighted by molar-refractivity contribution is -0.146. The summed E-state index contributed by atoms with van der Waals surface area (Å²) in [6, 6.07) is -1.00. The van der Waals surface area contributed by atoms with E-state index in [-0.39, 0.29) is 17.9 Å². The molecule has 4 saturated carbocycles. The fourth-order valence-corrected chi connectivity index (χ4v) is 4.87. The van der Waals surface area contributed by atoms with E-state index in [2.05, 4.69) is 5.32 Å². The van der Waals surface area contributed by atoms with E-state index in [1.807, 2.05) is 0 Å². The lowest BCUT2D eigenvalue weighted by atomic mass is 9.49. The molecular weight excluding hydrogens is 244 g/mol. The van der Waals surface area contributed by atoms with Crippen LogP contribution in [0.25, 0.3) is 0 Å². The standard InChI is InChI=1S/C14H22N2O3/c15-11(12(17)18)7-16-13(19)14-4-8-1-9(5-14)3-10(2-8)6-14/h8-11H,1-7,15H2,(H,16,19)(H,17,18). The van der Waals surface area contributed by atoms with Crippen LogP contribution in [0, 0.1) is 23.2 Å². The lowest BCUT2D eigenvalue weighted by Crippen LogP contribution is -2.55. The lowest BCUT2D eigenvalue weighted by Gasteiger charge is -2.55. The second kappa shape index (κ2) is 4.47. The quantitative estimate of drug-likeness (QED) is 0.699.